The van der Waals surface area contributed by atoms with Crippen molar-refractivity contribution in [3.63, 3.8) is 0 Å². The Morgan fingerprint density at radius 3 is 2.59 bits per heavy atom. The van der Waals surface area contributed by atoms with E-state index in [1.807, 2.05) is 30.6 Å². The van der Waals surface area contributed by atoms with Gasteiger partial charge in [-0.15, -0.1) is 10.2 Å². The Morgan fingerprint density at radius 2 is 1.81 bits per heavy atom. The van der Waals surface area contributed by atoms with Gasteiger partial charge in [0, 0.05) is 62.7 Å². The van der Waals surface area contributed by atoms with E-state index in [0.29, 0.717) is 5.95 Å². The Hall–Kier alpha value is -2.80. The fourth-order valence-corrected chi connectivity index (χ4v) is 3.35. The molecule has 1 aliphatic heterocycles. The maximum atomic E-state index is 4.43. The fraction of sp³-hybridized carbons (Fsp3) is 0.400. The van der Waals surface area contributed by atoms with E-state index in [-0.39, 0.29) is 0 Å². The van der Waals surface area contributed by atoms with Gasteiger partial charge in [0.05, 0.1) is 0 Å². The predicted molar refractivity (Wildman–Crippen MR) is 105 cm³/mol. The van der Waals surface area contributed by atoms with Crippen molar-refractivity contribution in [3.05, 3.63) is 54.1 Å². The van der Waals surface area contributed by atoms with Crippen LogP contribution in [0.1, 0.15) is 24.7 Å². The van der Waals surface area contributed by atoms with Crippen LogP contribution in [0.25, 0.3) is 11.4 Å². The molecule has 0 atom stereocenters. The monoisotopic (exact) mass is 363 g/mol. The Bertz CT molecular complexity index is 858. The van der Waals surface area contributed by atoms with Crippen molar-refractivity contribution in [1.82, 2.24) is 29.6 Å². The summed E-state index contributed by atoms with van der Waals surface area (Å²) in [4.78, 5) is 11.3. The molecule has 4 rings (SSSR count). The third-order valence-corrected chi connectivity index (χ3v) is 4.80. The van der Waals surface area contributed by atoms with Gasteiger partial charge in [0.1, 0.15) is 5.82 Å². The summed E-state index contributed by atoms with van der Waals surface area (Å²) in [5.41, 5.74) is 2.26. The van der Waals surface area contributed by atoms with Crippen molar-refractivity contribution in [3.8, 4) is 11.4 Å². The second-order valence-corrected chi connectivity index (χ2v) is 6.83. The largest absolute Gasteiger partial charge is 0.354 e. The number of anilines is 1. The molecule has 0 aliphatic carbocycles. The molecule has 0 radical (unpaired) electrons. The van der Waals surface area contributed by atoms with Crippen LogP contribution in [0, 0.1) is 0 Å². The Morgan fingerprint density at radius 1 is 1.00 bits per heavy atom. The number of nitrogens with zero attached hydrogens (tertiary/aromatic N) is 6. The molecule has 1 aliphatic rings. The first kappa shape index (κ1) is 17.6. The molecule has 0 fully saturated rings. The summed E-state index contributed by atoms with van der Waals surface area (Å²) in [6.07, 6.45) is 5.81. The van der Waals surface area contributed by atoms with Crippen molar-refractivity contribution in [2.75, 3.05) is 25.0 Å². The summed E-state index contributed by atoms with van der Waals surface area (Å²) in [6.45, 7) is 6.69. The zero-order chi connectivity index (χ0) is 18.5. The minimum Gasteiger partial charge on any atom is -0.354 e. The molecule has 1 N–H and O–H groups in total. The molecule has 0 amide bonds. The molecule has 0 unspecified atom stereocenters. The molecule has 1 aromatic carbocycles. The summed E-state index contributed by atoms with van der Waals surface area (Å²) in [7, 11) is 0. The number of rotatable bonds is 6. The van der Waals surface area contributed by atoms with Crippen molar-refractivity contribution < 1.29 is 0 Å². The molecular formula is C20H25N7. The SMILES string of the molecule is CCCNc1ncc(CN2CCc3nnc(-c4ccccc4)n3CC2)cn1. The molecule has 7 nitrogen and oxygen atoms in total. The molecule has 2 aromatic heterocycles. The number of fused-ring (bicyclic) bond motifs is 1. The van der Waals surface area contributed by atoms with Gasteiger partial charge in [-0.05, 0) is 6.42 Å². The van der Waals surface area contributed by atoms with Gasteiger partial charge in [-0.3, -0.25) is 4.90 Å². The molecule has 0 saturated heterocycles. The first-order chi connectivity index (χ1) is 13.3. The second kappa shape index (κ2) is 8.26. The van der Waals surface area contributed by atoms with Crippen LogP contribution in [0.2, 0.25) is 0 Å². The first-order valence-electron chi connectivity index (χ1n) is 9.58. The average Bonchev–Trinajstić information content (AvgIpc) is 3.03. The van der Waals surface area contributed by atoms with Crippen LogP contribution in [-0.4, -0.2) is 49.3 Å². The van der Waals surface area contributed by atoms with Crippen molar-refractivity contribution in [1.29, 1.82) is 0 Å². The topological polar surface area (TPSA) is 71.8 Å². The van der Waals surface area contributed by atoms with Crippen LogP contribution in [0.3, 0.4) is 0 Å². The average molecular weight is 363 g/mol. The summed E-state index contributed by atoms with van der Waals surface area (Å²) < 4.78 is 2.25. The number of nitrogens with one attached hydrogen (secondary N) is 1. The van der Waals surface area contributed by atoms with Crippen LogP contribution < -0.4 is 5.32 Å². The molecule has 0 bridgehead atoms. The molecule has 7 heteroatoms. The molecule has 3 heterocycles. The van der Waals surface area contributed by atoms with Gasteiger partial charge in [0.15, 0.2) is 5.82 Å². The summed E-state index contributed by atoms with van der Waals surface area (Å²) >= 11 is 0. The number of aromatic nitrogens is 5. The van der Waals surface area contributed by atoms with E-state index >= 15 is 0 Å². The van der Waals surface area contributed by atoms with Gasteiger partial charge in [0.25, 0.3) is 0 Å². The van der Waals surface area contributed by atoms with Crippen LogP contribution in [0.5, 0.6) is 0 Å². The Kier molecular flexibility index (Phi) is 5.39. The van der Waals surface area contributed by atoms with Crippen molar-refractivity contribution in [2.24, 2.45) is 0 Å². The third-order valence-electron chi connectivity index (χ3n) is 4.80. The van der Waals surface area contributed by atoms with Gasteiger partial charge in [-0.1, -0.05) is 37.3 Å². The molecule has 0 spiro atoms. The Balaban J connectivity index is 1.41. The second-order valence-electron chi connectivity index (χ2n) is 6.83. The number of hydrogen-bond donors (Lipinski definition) is 1. The molecule has 27 heavy (non-hydrogen) atoms. The van der Waals surface area contributed by atoms with Crippen LogP contribution in [0.15, 0.2) is 42.7 Å². The Labute approximate surface area is 159 Å². The highest BCUT2D eigenvalue weighted by Gasteiger charge is 2.19. The van der Waals surface area contributed by atoms with Gasteiger partial charge in [0.2, 0.25) is 5.95 Å². The maximum Gasteiger partial charge on any atom is 0.222 e. The highest BCUT2D eigenvalue weighted by atomic mass is 15.3. The van der Waals surface area contributed by atoms with Gasteiger partial charge < -0.3 is 9.88 Å². The van der Waals surface area contributed by atoms with Crippen molar-refractivity contribution in [2.45, 2.75) is 32.9 Å². The number of hydrogen-bond acceptors (Lipinski definition) is 6. The van der Waals surface area contributed by atoms with E-state index in [1.54, 1.807) is 0 Å². The highest BCUT2D eigenvalue weighted by molar-refractivity contribution is 5.55. The first-order valence-corrected chi connectivity index (χ1v) is 9.58. The fourth-order valence-electron chi connectivity index (χ4n) is 3.35. The van der Waals surface area contributed by atoms with E-state index in [9.17, 15) is 0 Å². The quantitative estimate of drug-likeness (QED) is 0.726. The molecule has 140 valence electrons. The van der Waals surface area contributed by atoms with Gasteiger partial charge >= 0.3 is 0 Å². The van der Waals surface area contributed by atoms with Crippen LogP contribution in [0.4, 0.5) is 5.95 Å². The lowest BCUT2D eigenvalue weighted by atomic mass is 10.2. The summed E-state index contributed by atoms with van der Waals surface area (Å²) in [5.74, 6) is 2.73. The zero-order valence-electron chi connectivity index (χ0n) is 15.7. The van der Waals surface area contributed by atoms with E-state index in [2.05, 4.69) is 54.0 Å². The van der Waals surface area contributed by atoms with Gasteiger partial charge in [-0.2, -0.15) is 0 Å². The van der Waals surface area contributed by atoms with Crippen molar-refractivity contribution >= 4 is 5.95 Å². The highest BCUT2D eigenvalue weighted by Crippen LogP contribution is 2.20. The minimum absolute atomic E-state index is 0.704. The molecule has 3 aromatic rings. The van der Waals surface area contributed by atoms with E-state index < -0.39 is 0 Å². The lowest BCUT2D eigenvalue weighted by Gasteiger charge is -2.19. The van der Waals surface area contributed by atoms with Gasteiger partial charge in [-0.25, -0.2) is 9.97 Å². The molecular weight excluding hydrogens is 338 g/mol. The van der Waals surface area contributed by atoms with E-state index in [0.717, 1.165) is 68.3 Å². The standard InChI is InChI=1S/C20H25N7/c1-2-9-21-20-22-13-16(14-23-20)15-26-10-8-18-24-25-19(27(18)12-11-26)17-6-4-3-5-7-17/h3-7,13-14H,2,8-12,15H2,1H3,(H,21,22,23). The lowest BCUT2D eigenvalue weighted by Crippen LogP contribution is -2.26. The third kappa shape index (κ3) is 4.14. The van der Waals surface area contributed by atoms with E-state index in [1.165, 1.54) is 0 Å². The normalized spacial score (nSPS) is 14.6. The summed E-state index contributed by atoms with van der Waals surface area (Å²) in [6, 6.07) is 10.3. The lowest BCUT2D eigenvalue weighted by molar-refractivity contribution is 0.271. The van der Waals surface area contributed by atoms with Crippen LogP contribution in [-0.2, 0) is 19.5 Å². The minimum atomic E-state index is 0.704. The summed E-state index contributed by atoms with van der Waals surface area (Å²) in [5, 5.41) is 12.1. The maximum absolute atomic E-state index is 4.43. The zero-order valence-corrected chi connectivity index (χ0v) is 15.7. The van der Waals surface area contributed by atoms with E-state index in [4.69, 9.17) is 0 Å². The smallest absolute Gasteiger partial charge is 0.222 e. The number of benzene rings is 1. The predicted octanol–water partition coefficient (Wildman–Crippen LogP) is 2.62. The van der Waals surface area contributed by atoms with Crippen LogP contribution >= 0.6 is 0 Å². The molecule has 0 saturated carbocycles.